The minimum Gasteiger partial charge on any atom is -0.285 e. The van der Waals surface area contributed by atoms with Crippen LogP contribution in [-0.4, -0.2) is 23.5 Å². The molecule has 0 bridgehead atoms. The van der Waals surface area contributed by atoms with Crippen LogP contribution in [0.2, 0.25) is 0 Å². The van der Waals surface area contributed by atoms with E-state index in [0.29, 0.717) is 10.8 Å². The van der Waals surface area contributed by atoms with Gasteiger partial charge in [0.25, 0.3) is 0 Å². The standard InChI is InChI=1S/C15H26N2/c1-13(2)9-14(3,4)11-15(10-13,12-16)17-7-5-6-8-17/h5-11H2,1-4H3. The fraction of sp³-hybridized carbons (Fsp3) is 0.933. The molecule has 1 aliphatic carbocycles. The molecule has 0 aromatic carbocycles. The van der Waals surface area contributed by atoms with Gasteiger partial charge in [0, 0.05) is 0 Å². The van der Waals surface area contributed by atoms with Crippen LogP contribution in [-0.2, 0) is 0 Å². The quantitative estimate of drug-likeness (QED) is 0.693. The second-order valence-electron chi connectivity index (χ2n) is 7.70. The molecule has 0 N–H and O–H groups in total. The molecule has 96 valence electrons. The third kappa shape index (κ3) is 2.50. The second kappa shape index (κ2) is 3.99. The van der Waals surface area contributed by atoms with Crippen LogP contribution < -0.4 is 0 Å². The normalized spacial score (nSPS) is 31.0. The second-order valence-corrected chi connectivity index (χ2v) is 7.70. The molecule has 1 heterocycles. The molecule has 17 heavy (non-hydrogen) atoms. The predicted octanol–water partition coefficient (Wildman–Crippen LogP) is 3.58. The van der Waals surface area contributed by atoms with Gasteiger partial charge in [-0.1, -0.05) is 27.7 Å². The van der Waals surface area contributed by atoms with E-state index in [9.17, 15) is 5.26 Å². The largest absolute Gasteiger partial charge is 0.285 e. The van der Waals surface area contributed by atoms with Crippen molar-refractivity contribution < 1.29 is 0 Å². The SMILES string of the molecule is CC1(C)CC(C)(C)CC(C#N)(N2CCCC2)C1. The lowest BCUT2D eigenvalue weighted by Crippen LogP contribution is -2.55. The summed E-state index contributed by atoms with van der Waals surface area (Å²) in [6, 6.07) is 2.70. The van der Waals surface area contributed by atoms with Crippen molar-refractivity contribution in [3.05, 3.63) is 0 Å². The summed E-state index contributed by atoms with van der Waals surface area (Å²) >= 11 is 0. The van der Waals surface area contributed by atoms with Crippen molar-refractivity contribution in [2.75, 3.05) is 13.1 Å². The first-order valence-corrected chi connectivity index (χ1v) is 6.95. The van der Waals surface area contributed by atoms with Gasteiger partial charge in [-0.2, -0.15) is 5.26 Å². The van der Waals surface area contributed by atoms with Crippen molar-refractivity contribution in [2.45, 2.75) is 65.3 Å². The fourth-order valence-corrected chi connectivity index (χ4v) is 4.58. The van der Waals surface area contributed by atoms with E-state index in [1.54, 1.807) is 0 Å². The van der Waals surface area contributed by atoms with Crippen LogP contribution in [0.1, 0.15) is 59.8 Å². The number of nitrogens with zero attached hydrogens (tertiary/aromatic N) is 2. The predicted molar refractivity (Wildman–Crippen MR) is 70.6 cm³/mol. The molecule has 0 unspecified atom stereocenters. The Labute approximate surface area is 106 Å². The lowest BCUT2D eigenvalue weighted by molar-refractivity contribution is -0.00536. The maximum atomic E-state index is 9.77. The van der Waals surface area contributed by atoms with Gasteiger partial charge in [0.05, 0.1) is 6.07 Å². The Morgan fingerprint density at radius 2 is 1.35 bits per heavy atom. The molecule has 0 atom stereocenters. The van der Waals surface area contributed by atoms with E-state index in [0.717, 1.165) is 25.9 Å². The Kier molecular flexibility index (Phi) is 3.02. The molecule has 0 spiro atoms. The van der Waals surface area contributed by atoms with Gasteiger partial charge in [0.2, 0.25) is 0 Å². The number of rotatable bonds is 1. The minimum absolute atomic E-state index is 0.193. The van der Waals surface area contributed by atoms with Crippen molar-refractivity contribution in [3.63, 3.8) is 0 Å². The van der Waals surface area contributed by atoms with Gasteiger partial charge in [0.15, 0.2) is 0 Å². The first-order chi connectivity index (χ1) is 7.79. The zero-order chi connectivity index (χ0) is 12.7. The van der Waals surface area contributed by atoms with Crippen LogP contribution >= 0.6 is 0 Å². The summed E-state index contributed by atoms with van der Waals surface area (Å²) in [5.74, 6) is 0. The molecule has 1 aliphatic heterocycles. The van der Waals surface area contributed by atoms with Crippen molar-refractivity contribution in [1.82, 2.24) is 4.90 Å². The summed E-state index contributed by atoms with van der Waals surface area (Å²) in [4.78, 5) is 2.47. The van der Waals surface area contributed by atoms with Crippen LogP contribution in [0, 0.1) is 22.2 Å². The zero-order valence-electron chi connectivity index (χ0n) is 11.8. The Morgan fingerprint density at radius 1 is 0.882 bits per heavy atom. The molecule has 2 fully saturated rings. The van der Waals surface area contributed by atoms with Crippen LogP contribution in [0.25, 0.3) is 0 Å². The van der Waals surface area contributed by atoms with Crippen molar-refractivity contribution >= 4 is 0 Å². The average Bonchev–Trinajstić information content (AvgIpc) is 2.65. The van der Waals surface area contributed by atoms with Gasteiger partial charge >= 0.3 is 0 Å². The molecule has 0 aromatic heterocycles. The minimum atomic E-state index is -0.193. The molecule has 2 heteroatoms. The lowest BCUT2D eigenvalue weighted by Gasteiger charge is -2.52. The maximum absolute atomic E-state index is 9.77. The highest BCUT2D eigenvalue weighted by molar-refractivity contribution is 5.16. The van der Waals surface area contributed by atoms with E-state index < -0.39 is 0 Å². The monoisotopic (exact) mass is 234 g/mol. The molecule has 1 saturated carbocycles. The van der Waals surface area contributed by atoms with E-state index in [4.69, 9.17) is 0 Å². The summed E-state index contributed by atoms with van der Waals surface area (Å²) in [5, 5.41) is 9.77. The topological polar surface area (TPSA) is 27.0 Å². The molecule has 2 aliphatic rings. The summed E-state index contributed by atoms with van der Waals surface area (Å²) in [5.41, 5.74) is 0.391. The van der Waals surface area contributed by atoms with Gasteiger partial charge in [-0.05, 0) is 56.0 Å². The third-order valence-electron chi connectivity index (χ3n) is 4.42. The molecule has 2 rings (SSSR count). The molecule has 0 amide bonds. The number of hydrogen-bond acceptors (Lipinski definition) is 2. The summed E-state index contributed by atoms with van der Waals surface area (Å²) in [6.45, 7) is 11.6. The summed E-state index contributed by atoms with van der Waals surface area (Å²) in [6.07, 6.45) is 5.85. The average molecular weight is 234 g/mol. The van der Waals surface area contributed by atoms with Crippen molar-refractivity contribution in [1.29, 1.82) is 5.26 Å². The zero-order valence-corrected chi connectivity index (χ0v) is 11.8. The lowest BCUT2D eigenvalue weighted by atomic mass is 9.58. The fourth-order valence-electron chi connectivity index (χ4n) is 4.58. The van der Waals surface area contributed by atoms with E-state index >= 15 is 0 Å². The van der Waals surface area contributed by atoms with Crippen LogP contribution in [0.4, 0.5) is 0 Å². The highest BCUT2D eigenvalue weighted by atomic mass is 15.2. The first-order valence-electron chi connectivity index (χ1n) is 6.95. The summed E-state index contributed by atoms with van der Waals surface area (Å²) < 4.78 is 0. The van der Waals surface area contributed by atoms with Crippen LogP contribution in [0.3, 0.4) is 0 Å². The van der Waals surface area contributed by atoms with Gasteiger partial charge < -0.3 is 0 Å². The van der Waals surface area contributed by atoms with Gasteiger partial charge in [-0.25, -0.2) is 0 Å². The number of nitriles is 1. The molecule has 2 nitrogen and oxygen atoms in total. The Morgan fingerprint density at radius 3 is 1.76 bits per heavy atom. The van der Waals surface area contributed by atoms with Gasteiger partial charge in [0.1, 0.15) is 5.54 Å². The van der Waals surface area contributed by atoms with Crippen LogP contribution in [0.15, 0.2) is 0 Å². The smallest absolute Gasteiger partial charge is 0.110 e. The van der Waals surface area contributed by atoms with E-state index in [1.807, 2.05) is 0 Å². The Balaban J connectivity index is 2.30. The third-order valence-corrected chi connectivity index (χ3v) is 4.42. The van der Waals surface area contributed by atoms with Gasteiger partial charge in [-0.15, -0.1) is 0 Å². The van der Waals surface area contributed by atoms with Gasteiger partial charge in [-0.3, -0.25) is 4.90 Å². The molecule has 0 radical (unpaired) electrons. The molecule has 1 saturated heterocycles. The summed E-state index contributed by atoms with van der Waals surface area (Å²) in [7, 11) is 0. The molecule has 0 aromatic rings. The van der Waals surface area contributed by atoms with E-state index in [2.05, 4.69) is 38.7 Å². The highest BCUT2D eigenvalue weighted by Crippen LogP contribution is 2.52. The highest BCUT2D eigenvalue weighted by Gasteiger charge is 2.51. The van der Waals surface area contributed by atoms with Crippen molar-refractivity contribution in [3.8, 4) is 6.07 Å². The van der Waals surface area contributed by atoms with E-state index in [1.165, 1.54) is 19.3 Å². The number of hydrogen-bond donors (Lipinski definition) is 0. The maximum Gasteiger partial charge on any atom is 0.110 e. The Bertz CT molecular complexity index is 313. The van der Waals surface area contributed by atoms with Crippen molar-refractivity contribution in [2.24, 2.45) is 10.8 Å². The molecular weight excluding hydrogens is 208 g/mol. The Hall–Kier alpha value is -0.550. The number of likely N-dealkylation sites (tertiary alicyclic amines) is 1. The first kappa shape index (κ1) is 12.9. The van der Waals surface area contributed by atoms with E-state index in [-0.39, 0.29) is 5.54 Å². The molecular formula is C15H26N2. The van der Waals surface area contributed by atoms with Crippen LogP contribution in [0.5, 0.6) is 0 Å².